The van der Waals surface area contributed by atoms with Crippen molar-refractivity contribution in [3.05, 3.63) is 70.9 Å². The van der Waals surface area contributed by atoms with Crippen molar-refractivity contribution in [1.29, 1.82) is 5.26 Å². The van der Waals surface area contributed by atoms with Gasteiger partial charge in [0.2, 0.25) is 0 Å². The van der Waals surface area contributed by atoms with Crippen LogP contribution in [0.25, 0.3) is 6.08 Å². The van der Waals surface area contributed by atoms with E-state index in [1.165, 1.54) is 24.3 Å². The van der Waals surface area contributed by atoms with Gasteiger partial charge in [-0.25, -0.2) is 0 Å². The zero-order valence-electron chi connectivity index (χ0n) is 13.0. The van der Waals surface area contributed by atoms with Crippen LogP contribution in [0.2, 0.25) is 0 Å². The minimum Gasteiger partial charge on any atom is -0.327 e. The second-order valence-corrected chi connectivity index (χ2v) is 5.77. The zero-order valence-corrected chi connectivity index (χ0v) is 13.9. The molecular weight excluding hydrogens is 363 g/mol. The first kappa shape index (κ1) is 17.6. The number of benzene rings is 2. The number of rotatable bonds is 2. The number of nitriles is 1. The van der Waals surface area contributed by atoms with E-state index in [0.29, 0.717) is 11.1 Å². The van der Waals surface area contributed by atoms with E-state index >= 15 is 0 Å². The maximum absolute atomic E-state index is 13.2. The molecule has 0 saturated carbocycles. The van der Waals surface area contributed by atoms with Crippen molar-refractivity contribution in [3.8, 4) is 6.07 Å². The number of anilines is 1. The molecule has 1 fully saturated rings. The van der Waals surface area contributed by atoms with Gasteiger partial charge in [0.1, 0.15) is 5.70 Å². The van der Waals surface area contributed by atoms with Gasteiger partial charge in [0.15, 0.2) is 5.11 Å². The summed E-state index contributed by atoms with van der Waals surface area (Å²) in [6.07, 6.45) is -3.19. The first-order valence-corrected chi connectivity index (χ1v) is 7.75. The van der Waals surface area contributed by atoms with Crippen molar-refractivity contribution in [2.45, 2.75) is 6.18 Å². The second-order valence-electron chi connectivity index (χ2n) is 5.38. The molecule has 2 aromatic rings. The first-order chi connectivity index (χ1) is 12.3. The van der Waals surface area contributed by atoms with E-state index in [9.17, 15) is 18.0 Å². The molecule has 1 aliphatic heterocycles. The average molecular weight is 373 g/mol. The van der Waals surface area contributed by atoms with Crippen molar-refractivity contribution >= 4 is 35.0 Å². The summed E-state index contributed by atoms with van der Waals surface area (Å²) in [5.74, 6) is -0.700. The third-order valence-corrected chi connectivity index (χ3v) is 3.94. The fourth-order valence-corrected chi connectivity index (χ4v) is 2.82. The molecule has 130 valence electrons. The van der Waals surface area contributed by atoms with Crippen molar-refractivity contribution < 1.29 is 18.0 Å². The van der Waals surface area contributed by atoms with Crippen LogP contribution in [0.5, 0.6) is 0 Å². The average Bonchev–Trinajstić information content (AvgIpc) is 2.88. The summed E-state index contributed by atoms with van der Waals surface area (Å²) >= 11 is 5.06. The van der Waals surface area contributed by atoms with Crippen LogP contribution in [0.1, 0.15) is 16.7 Å². The van der Waals surface area contributed by atoms with Gasteiger partial charge in [0.05, 0.1) is 22.9 Å². The number of nitrogens with zero attached hydrogens (tertiary/aromatic N) is 2. The van der Waals surface area contributed by atoms with E-state index in [1.54, 1.807) is 24.3 Å². The summed E-state index contributed by atoms with van der Waals surface area (Å²) in [5, 5.41) is 11.4. The molecule has 4 nitrogen and oxygen atoms in total. The van der Waals surface area contributed by atoms with Crippen LogP contribution >= 0.6 is 12.2 Å². The number of hydrogen-bond donors (Lipinski definition) is 1. The summed E-state index contributed by atoms with van der Waals surface area (Å²) in [7, 11) is 0. The van der Waals surface area contributed by atoms with Gasteiger partial charge in [-0.15, -0.1) is 0 Å². The number of amides is 1. The van der Waals surface area contributed by atoms with E-state index < -0.39 is 17.6 Å². The molecule has 3 rings (SSSR count). The minimum absolute atomic E-state index is 0.0297. The molecule has 1 heterocycles. The minimum atomic E-state index is -4.62. The third-order valence-electron chi connectivity index (χ3n) is 3.66. The highest BCUT2D eigenvalue weighted by molar-refractivity contribution is 7.80. The quantitative estimate of drug-likeness (QED) is 0.642. The topological polar surface area (TPSA) is 56.1 Å². The highest BCUT2D eigenvalue weighted by Gasteiger charge is 2.40. The second kappa shape index (κ2) is 6.61. The molecule has 0 atom stereocenters. The van der Waals surface area contributed by atoms with Crippen LogP contribution in [-0.2, 0) is 11.0 Å². The van der Waals surface area contributed by atoms with Gasteiger partial charge in [0.25, 0.3) is 5.91 Å². The lowest BCUT2D eigenvalue weighted by Gasteiger charge is -2.19. The van der Waals surface area contributed by atoms with Crippen molar-refractivity contribution in [1.82, 2.24) is 5.32 Å². The highest BCUT2D eigenvalue weighted by atomic mass is 32.1. The lowest BCUT2D eigenvalue weighted by Crippen LogP contribution is -2.32. The SMILES string of the molecule is N#Cc1cccc(/C=C2/NC(=S)N(c3ccccc3C(F)(F)F)C2=O)c1. The first-order valence-electron chi connectivity index (χ1n) is 7.35. The van der Waals surface area contributed by atoms with Crippen LogP contribution in [0.4, 0.5) is 18.9 Å². The zero-order chi connectivity index (χ0) is 18.9. The van der Waals surface area contributed by atoms with E-state index in [4.69, 9.17) is 17.5 Å². The maximum atomic E-state index is 13.2. The molecule has 0 radical (unpaired) electrons. The van der Waals surface area contributed by atoms with E-state index in [1.807, 2.05) is 6.07 Å². The van der Waals surface area contributed by atoms with Gasteiger partial charge in [0, 0.05) is 0 Å². The van der Waals surface area contributed by atoms with Crippen molar-refractivity contribution in [2.24, 2.45) is 0 Å². The number of para-hydroxylation sites is 1. The molecule has 1 amide bonds. The van der Waals surface area contributed by atoms with E-state index in [0.717, 1.165) is 11.0 Å². The largest absolute Gasteiger partial charge is 0.418 e. The van der Waals surface area contributed by atoms with Gasteiger partial charge in [-0.05, 0) is 48.1 Å². The molecule has 2 aromatic carbocycles. The third kappa shape index (κ3) is 3.30. The monoisotopic (exact) mass is 373 g/mol. The number of nitrogens with one attached hydrogen (secondary N) is 1. The van der Waals surface area contributed by atoms with Gasteiger partial charge >= 0.3 is 6.18 Å². The summed E-state index contributed by atoms with van der Waals surface area (Å²) in [5.41, 5.74) is -0.315. The normalized spacial score (nSPS) is 15.9. The number of carbonyl (C=O) groups is 1. The molecule has 8 heteroatoms. The van der Waals surface area contributed by atoms with Crippen molar-refractivity contribution in [2.75, 3.05) is 4.90 Å². The van der Waals surface area contributed by atoms with E-state index in [-0.39, 0.29) is 16.5 Å². The fourth-order valence-electron chi connectivity index (χ4n) is 2.53. The van der Waals surface area contributed by atoms with Crippen LogP contribution < -0.4 is 10.2 Å². The Kier molecular flexibility index (Phi) is 4.49. The molecule has 1 aliphatic rings. The number of thiocarbonyl (C=S) groups is 1. The Hall–Kier alpha value is -3.18. The molecule has 0 aliphatic carbocycles. The van der Waals surface area contributed by atoms with Crippen LogP contribution in [0, 0.1) is 11.3 Å². The molecule has 26 heavy (non-hydrogen) atoms. The number of halogens is 3. The Labute approximate surface area is 152 Å². The molecule has 0 aromatic heterocycles. The Balaban J connectivity index is 2.01. The molecule has 0 bridgehead atoms. The predicted octanol–water partition coefficient (Wildman–Crippen LogP) is 3.84. The van der Waals surface area contributed by atoms with Crippen LogP contribution in [-0.4, -0.2) is 11.0 Å². The van der Waals surface area contributed by atoms with E-state index in [2.05, 4.69) is 5.32 Å². The Morgan fingerprint density at radius 2 is 1.88 bits per heavy atom. The van der Waals surface area contributed by atoms with Gasteiger partial charge < -0.3 is 5.32 Å². The smallest absolute Gasteiger partial charge is 0.327 e. The molecule has 0 unspecified atom stereocenters. The highest BCUT2D eigenvalue weighted by Crippen LogP contribution is 2.37. The van der Waals surface area contributed by atoms with Gasteiger partial charge in [-0.1, -0.05) is 24.3 Å². The molecule has 1 N–H and O–H groups in total. The fraction of sp³-hybridized carbons (Fsp3) is 0.0556. The van der Waals surface area contributed by atoms with Gasteiger partial charge in [-0.3, -0.25) is 9.69 Å². The van der Waals surface area contributed by atoms with Crippen LogP contribution in [0.15, 0.2) is 54.2 Å². The molecule has 0 spiro atoms. The van der Waals surface area contributed by atoms with Crippen LogP contribution in [0.3, 0.4) is 0 Å². The number of hydrogen-bond acceptors (Lipinski definition) is 3. The lowest BCUT2D eigenvalue weighted by molar-refractivity contribution is -0.137. The number of alkyl halides is 3. The molecule has 1 saturated heterocycles. The number of carbonyl (C=O) groups excluding carboxylic acids is 1. The van der Waals surface area contributed by atoms with Gasteiger partial charge in [-0.2, -0.15) is 18.4 Å². The Morgan fingerprint density at radius 3 is 2.58 bits per heavy atom. The Morgan fingerprint density at radius 1 is 1.15 bits per heavy atom. The summed E-state index contributed by atoms with van der Waals surface area (Å²) in [6.45, 7) is 0. The molecular formula is C18H10F3N3OS. The maximum Gasteiger partial charge on any atom is 0.418 e. The summed E-state index contributed by atoms with van der Waals surface area (Å²) in [4.78, 5) is 13.4. The summed E-state index contributed by atoms with van der Waals surface area (Å²) < 4.78 is 39.7. The Bertz CT molecular complexity index is 976. The summed E-state index contributed by atoms with van der Waals surface area (Å²) in [6, 6.07) is 13.2. The predicted molar refractivity (Wildman–Crippen MR) is 93.8 cm³/mol. The lowest BCUT2D eigenvalue weighted by atomic mass is 10.1. The van der Waals surface area contributed by atoms with Crippen molar-refractivity contribution in [3.63, 3.8) is 0 Å². The standard InChI is InChI=1S/C18H10F3N3OS/c19-18(20,21)13-6-1-2-7-15(13)24-16(25)14(23-17(24)26)9-11-4-3-5-12(8-11)10-22/h1-9H,(H,23,26)/b14-9+.